The van der Waals surface area contributed by atoms with Crippen LogP contribution in [0.15, 0.2) is 36.5 Å². The van der Waals surface area contributed by atoms with E-state index in [1.807, 2.05) is 6.08 Å². The predicted molar refractivity (Wildman–Crippen MR) is 239 cm³/mol. The van der Waals surface area contributed by atoms with Crippen LogP contribution in [0.2, 0.25) is 0 Å². The Morgan fingerprint density at radius 1 is 0.426 bits per heavy atom. The number of hydrogen-bond acceptors (Lipinski definition) is 3. The van der Waals surface area contributed by atoms with Crippen LogP contribution in [0, 0.1) is 0 Å². The van der Waals surface area contributed by atoms with Gasteiger partial charge in [0.15, 0.2) is 0 Å². The third kappa shape index (κ3) is 41.8. The van der Waals surface area contributed by atoms with Gasteiger partial charge in [-0.15, -0.1) is 0 Å². The number of allylic oxidation sites excluding steroid dienone is 5. The van der Waals surface area contributed by atoms with Crippen molar-refractivity contribution in [3.8, 4) is 0 Å². The van der Waals surface area contributed by atoms with Gasteiger partial charge in [0.05, 0.1) is 18.8 Å². The molecule has 0 heterocycles. The SMILES string of the molecule is CCCCCCC/C=C\CCCCCCCC(=O)NC(CO)C(O)/C=C/CC/C=C/CCCCCCCCCCCCCCCCCCCCCCCC. The number of aliphatic hydroxyl groups is 2. The number of aliphatic hydroxyl groups excluding tert-OH is 2. The second-order valence-corrected chi connectivity index (χ2v) is 16.5. The molecule has 0 fully saturated rings. The lowest BCUT2D eigenvalue weighted by Gasteiger charge is -2.19. The summed E-state index contributed by atoms with van der Waals surface area (Å²) in [4.78, 5) is 12.4. The molecule has 318 valence electrons. The minimum absolute atomic E-state index is 0.0818. The number of carbonyl (C=O) groups is 1. The molecule has 0 saturated carbocycles. The largest absolute Gasteiger partial charge is 0.394 e. The zero-order valence-corrected chi connectivity index (χ0v) is 36.5. The van der Waals surface area contributed by atoms with Crippen LogP contribution >= 0.6 is 0 Å². The molecule has 0 radical (unpaired) electrons. The van der Waals surface area contributed by atoms with Gasteiger partial charge >= 0.3 is 0 Å². The van der Waals surface area contributed by atoms with E-state index in [1.54, 1.807) is 6.08 Å². The van der Waals surface area contributed by atoms with E-state index in [4.69, 9.17) is 0 Å². The minimum Gasteiger partial charge on any atom is -0.394 e. The summed E-state index contributed by atoms with van der Waals surface area (Å²) in [6.45, 7) is 4.30. The smallest absolute Gasteiger partial charge is 0.220 e. The molecule has 3 N–H and O–H groups in total. The monoisotopic (exact) mass is 758 g/mol. The molecule has 0 rings (SSSR count). The van der Waals surface area contributed by atoms with Crippen molar-refractivity contribution < 1.29 is 15.0 Å². The lowest BCUT2D eigenvalue weighted by molar-refractivity contribution is -0.123. The van der Waals surface area contributed by atoms with Crippen molar-refractivity contribution in [2.45, 2.75) is 270 Å². The number of unbranched alkanes of at least 4 members (excludes halogenated alkanes) is 33. The zero-order chi connectivity index (χ0) is 39.3. The van der Waals surface area contributed by atoms with Crippen LogP contribution < -0.4 is 5.32 Å². The maximum atomic E-state index is 12.4. The van der Waals surface area contributed by atoms with Gasteiger partial charge in [0, 0.05) is 6.42 Å². The highest BCUT2D eigenvalue weighted by atomic mass is 16.3. The van der Waals surface area contributed by atoms with Gasteiger partial charge in [-0.3, -0.25) is 4.79 Å². The van der Waals surface area contributed by atoms with Gasteiger partial charge in [0.2, 0.25) is 5.91 Å². The summed E-state index contributed by atoms with van der Waals surface area (Å²) in [6, 6.07) is -0.642. The molecule has 4 nitrogen and oxygen atoms in total. The van der Waals surface area contributed by atoms with E-state index in [0.29, 0.717) is 6.42 Å². The Morgan fingerprint density at radius 3 is 1.07 bits per heavy atom. The summed E-state index contributed by atoms with van der Waals surface area (Å²) in [5.41, 5.74) is 0. The molecule has 0 aliphatic carbocycles. The summed E-state index contributed by atoms with van der Waals surface area (Å²) < 4.78 is 0. The number of nitrogens with one attached hydrogen (secondary N) is 1. The molecule has 2 atom stereocenters. The van der Waals surface area contributed by atoms with Crippen molar-refractivity contribution in [2.75, 3.05) is 6.61 Å². The number of hydrogen-bond donors (Lipinski definition) is 3. The van der Waals surface area contributed by atoms with Crippen LogP contribution in [0.25, 0.3) is 0 Å². The van der Waals surface area contributed by atoms with Gasteiger partial charge in [-0.05, 0) is 57.8 Å². The van der Waals surface area contributed by atoms with Crippen LogP contribution in [-0.2, 0) is 4.79 Å². The quantitative estimate of drug-likeness (QED) is 0.0428. The summed E-state index contributed by atoms with van der Waals surface area (Å²) in [6.07, 6.45) is 61.4. The third-order valence-corrected chi connectivity index (χ3v) is 11.1. The number of rotatable bonds is 44. The summed E-state index contributed by atoms with van der Waals surface area (Å²) in [5, 5.41) is 23.0. The van der Waals surface area contributed by atoms with Gasteiger partial charge in [0.25, 0.3) is 0 Å². The Kier molecular flexibility index (Phi) is 44.8. The molecular weight excluding hydrogens is 663 g/mol. The Bertz CT molecular complexity index is 821. The van der Waals surface area contributed by atoms with Crippen molar-refractivity contribution in [1.82, 2.24) is 5.32 Å². The molecule has 0 aromatic carbocycles. The average molecular weight is 758 g/mol. The molecule has 0 aliphatic heterocycles. The van der Waals surface area contributed by atoms with Crippen LogP contribution in [0.5, 0.6) is 0 Å². The van der Waals surface area contributed by atoms with Gasteiger partial charge in [0.1, 0.15) is 0 Å². The van der Waals surface area contributed by atoms with Crippen molar-refractivity contribution in [1.29, 1.82) is 0 Å². The van der Waals surface area contributed by atoms with E-state index >= 15 is 0 Å². The zero-order valence-electron chi connectivity index (χ0n) is 36.5. The van der Waals surface area contributed by atoms with Crippen LogP contribution in [0.3, 0.4) is 0 Å². The molecular formula is C50H95NO3. The first-order chi connectivity index (χ1) is 26.7. The second-order valence-electron chi connectivity index (χ2n) is 16.5. The van der Waals surface area contributed by atoms with Crippen LogP contribution in [0.1, 0.15) is 258 Å². The number of carbonyl (C=O) groups excluding carboxylic acids is 1. The molecule has 2 unspecified atom stereocenters. The maximum absolute atomic E-state index is 12.4. The van der Waals surface area contributed by atoms with Gasteiger partial charge in [-0.2, -0.15) is 0 Å². The van der Waals surface area contributed by atoms with E-state index in [0.717, 1.165) is 44.9 Å². The fraction of sp³-hybridized carbons (Fsp3) is 0.860. The Labute approximate surface area is 338 Å². The Morgan fingerprint density at radius 2 is 0.722 bits per heavy atom. The maximum Gasteiger partial charge on any atom is 0.220 e. The van der Waals surface area contributed by atoms with Crippen molar-refractivity contribution in [3.63, 3.8) is 0 Å². The highest BCUT2D eigenvalue weighted by Crippen LogP contribution is 2.16. The second kappa shape index (κ2) is 46.0. The van der Waals surface area contributed by atoms with Crippen molar-refractivity contribution in [3.05, 3.63) is 36.5 Å². The summed E-state index contributed by atoms with van der Waals surface area (Å²) >= 11 is 0. The van der Waals surface area contributed by atoms with E-state index in [9.17, 15) is 15.0 Å². The Hall–Kier alpha value is -1.39. The highest BCUT2D eigenvalue weighted by molar-refractivity contribution is 5.76. The molecule has 0 aliphatic rings. The first-order valence-corrected chi connectivity index (χ1v) is 24.2. The van der Waals surface area contributed by atoms with E-state index in [1.165, 1.54) is 193 Å². The fourth-order valence-electron chi connectivity index (χ4n) is 7.37. The van der Waals surface area contributed by atoms with Crippen LogP contribution in [-0.4, -0.2) is 34.9 Å². The summed E-state index contributed by atoms with van der Waals surface area (Å²) in [7, 11) is 0. The summed E-state index contributed by atoms with van der Waals surface area (Å²) in [5.74, 6) is -0.0818. The number of amides is 1. The van der Waals surface area contributed by atoms with E-state index < -0.39 is 12.1 Å². The normalized spacial score (nSPS) is 13.2. The van der Waals surface area contributed by atoms with Crippen LogP contribution in [0.4, 0.5) is 0 Å². The molecule has 54 heavy (non-hydrogen) atoms. The highest BCUT2D eigenvalue weighted by Gasteiger charge is 2.17. The lowest BCUT2D eigenvalue weighted by atomic mass is 10.0. The molecule has 0 saturated heterocycles. The molecule has 0 aromatic rings. The van der Waals surface area contributed by atoms with Gasteiger partial charge < -0.3 is 15.5 Å². The van der Waals surface area contributed by atoms with Crippen molar-refractivity contribution >= 4 is 5.91 Å². The predicted octanol–water partition coefficient (Wildman–Crippen LogP) is 15.4. The molecule has 1 amide bonds. The lowest BCUT2D eigenvalue weighted by Crippen LogP contribution is -2.45. The third-order valence-electron chi connectivity index (χ3n) is 11.1. The molecule has 0 bridgehead atoms. The fourth-order valence-corrected chi connectivity index (χ4v) is 7.37. The van der Waals surface area contributed by atoms with Gasteiger partial charge in [-0.1, -0.05) is 230 Å². The topological polar surface area (TPSA) is 69.6 Å². The first kappa shape index (κ1) is 52.6. The minimum atomic E-state index is -0.864. The van der Waals surface area contributed by atoms with Crippen molar-refractivity contribution in [2.24, 2.45) is 0 Å². The average Bonchev–Trinajstić information content (AvgIpc) is 3.18. The standard InChI is InChI=1S/C50H95NO3/c1-3-5-7-9-11-13-15-17-19-20-21-22-23-24-25-26-27-28-29-30-31-32-33-35-37-39-41-43-45-49(53)48(47-52)51-50(54)46-44-42-40-38-36-34-18-16-14-12-10-8-6-4-2/h16,18,35,37,43,45,48-49,52-53H,3-15,17,19-34,36,38-42,44,46-47H2,1-2H3,(H,51,54)/b18-16-,37-35+,45-43+. The first-order valence-electron chi connectivity index (χ1n) is 24.2. The molecule has 0 spiro atoms. The van der Waals surface area contributed by atoms with Gasteiger partial charge in [-0.25, -0.2) is 0 Å². The molecule has 0 aromatic heterocycles. The van der Waals surface area contributed by atoms with E-state index in [-0.39, 0.29) is 12.5 Å². The van der Waals surface area contributed by atoms with E-state index in [2.05, 4.69) is 43.5 Å². The Balaban J connectivity index is 3.53. The molecule has 4 heteroatoms.